The number of aromatic nitrogens is 6. The minimum Gasteiger partial charge on any atom is -0.418 e. The smallest absolute Gasteiger partial charge is 0.418 e. The second kappa shape index (κ2) is 11.5. The number of rotatable bonds is 6. The summed E-state index contributed by atoms with van der Waals surface area (Å²) in [5, 5.41) is 1.27. The molecular formula is C36H32N6O6. The second-order valence-corrected chi connectivity index (χ2v) is 12.6. The van der Waals surface area contributed by atoms with Gasteiger partial charge in [0.15, 0.2) is 11.6 Å². The van der Waals surface area contributed by atoms with Crippen LogP contribution in [0.25, 0.3) is 21.8 Å². The van der Waals surface area contributed by atoms with E-state index in [-0.39, 0.29) is 34.9 Å². The van der Waals surface area contributed by atoms with Crippen molar-refractivity contribution in [1.82, 2.24) is 29.1 Å². The molecule has 2 N–H and O–H groups in total. The topological polar surface area (TPSA) is 154 Å². The van der Waals surface area contributed by atoms with Gasteiger partial charge in [0.1, 0.15) is 23.1 Å². The molecular weight excluding hydrogens is 612 g/mol. The molecule has 2 aromatic carbocycles. The third-order valence-corrected chi connectivity index (χ3v) is 9.68. The number of H-pyrrole nitrogens is 2. The Bertz CT molecular complexity index is 2130. The van der Waals surface area contributed by atoms with Crippen molar-refractivity contribution in [2.24, 2.45) is 11.8 Å². The maximum Gasteiger partial charge on any atom is 0.423 e. The van der Waals surface area contributed by atoms with Crippen molar-refractivity contribution in [2.75, 3.05) is 0 Å². The number of aryl methyl sites for hydroxylation is 4. The van der Waals surface area contributed by atoms with Gasteiger partial charge in [-0.2, -0.15) is 0 Å². The number of imidazole rings is 2. The standard InChI is InChI=1S/C36H32N6O6/c1-19-37-11-13-41(19)17-21-3-7-29-31(33(21)43)25-15-23(5-9-27(25)39-29)47-35(45)36(46)48-24-6-10-28-26(16-24)32-30(40-28)8-4-22(34(32)44)18-42-14-12-38-20(42)2/h5-6,9-16,21-22,39-40H,3-4,7-8,17-18H2,1-2H3. The van der Waals surface area contributed by atoms with E-state index in [1.165, 1.54) is 0 Å². The highest BCUT2D eigenvalue weighted by Gasteiger charge is 2.33. The van der Waals surface area contributed by atoms with Crippen LogP contribution in [0.4, 0.5) is 0 Å². The number of aromatic amines is 2. The average Bonchev–Trinajstić information content (AvgIpc) is 3.85. The van der Waals surface area contributed by atoms with E-state index >= 15 is 0 Å². The quantitative estimate of drug-likeness (QED) is 0.145. The van der Waals surface area contributed by atoms with Gasteiger partial charge in [0.2, 0.25) is 0 Å². The molecule has 48 heavy (non-hydrogen) atoms. The van der Waals surface area contributed by atoms with Gasteiger partial charge >= 0.3 is 11.9 Å². The third kappa shape index (κ3) is 5.09. The van der Waals surface area contributed by atoms with E-state index in [1.54, 1.807) is 48.8 Å². The van der Waals surface area contributed by atoms with Gasteiger partial charge < -0.3 is 28.6 Å². The molecule has 2 aliphatic rings. The molecule has 242 valence electrons. The van der Waals surface area contributed by atoms with Crippen LogP contribution in [0.15, 0.2) is 61.2 Å². The molecule has 2 aliphatic carbocycles. The Labute approximate surface area is 274 Å². The lowest BCUT2D eigenvalue weighted by atomic mass is 9.85. The van der Waals surface area contributed by atoms with Crippen LogP contribution in [-0.4, -0.2) is 52.6 Å². The Balaban J connectivity index is 0.982. The Morgan fingerprint density at radius 2 is 1.17 bits per heavy atom. The number of fused-ring (bicyclic) bond motifs is 6. The van der Waals surface area contributed by atoms with Gasteiger partial charge in [-0.05, 0) is 75.9 Å². The van der Waals surface area contributed by atoms with E-state index in [1.807, 2.05) is 35.4 Å². The van der Waals surface area contributed by atoms with E-state index < -0.39 is 11.9 Å². The Kier molecular flexibility index (Phi) is 7.08. The number of nitrogens with zero attached hydrogens (tertiary/aromatic N) is 4. The van der Waals surface area contributed by atoms with Crippen molar-refractivity contribution >= 4 is 45.3 Å². The van der Waals surface area contributed by atoms with E-state index in [4.69, 9.17) is 9.47 Å². The molecule has 0 saturated heterocycles. The molecule has 12 heteroatoms. The fraction of sp³-hybridized carbons (Fsp3) is 0.278. The molecule has 4 aromatic heterocycles. The number of carbonyl (C=O) groups excluding carboxylic acids is 4. The van der Waals surface area contributed by atoms with E-state index in [0.717, 1.165) is 34.1 Å². The lowest BCUT2D eigenvalue weighted by Crippen LogP contribution is -2.26. The molecule has 8 rings (SSSR count). The number of benzene rings is 2. The third-order valence-electron chi connectivity index (χ3n) is 9.68. The van der Waals surface area contributed by atoms with Gasteiger partial charge in [-0.1, -0.05) is 0 Å². The van der Waals surface area contributed by atoms with E-state index in [0.29, 0.717) is 60.7 Å². The number of hydrogen-bond donors (Lipinski definition) is 2. The summed E-state index contributed by atoms with van der Waals surface area (Å²) in [5.41, 5.74) is 4.35. The molecule has 12 nitrogen and oxygen atoms in total. The van der Waals surface area contributed by atoms with Crippen molar-refractivity contribution in [2.45, 2.75) is 52.6 Å². The Morgan fingerprint density at radius 1 is 0.729 bits per heavy atom. The molecule has 0 spiro atoms. The molecule has 0 fully saturated rings. The highest BCUT2D eigenvalue weighted by molar-refractivity contribution is 6.31. The zero-order valence-electron chi connectivity index (χ0n) is 26.4. The number of nitrogens with one attached hydrogen (secondary N) is 2. The highest BCUT2D eigenvalue weighted by Crippen LogP contribution is 2.36. The molecule has 0 amide bonds. The zero-order valence-corrected chi connectivity index (χ0v) is 26.4. The van der Waals surface area contributed by atoms with E-state index in [2.05, 4.69) is 19.9 Å². The van der Waals surface area contributed by atoms with Gasteiger partial charge in [0.05, 0.1) is 0 Å². The monoisotopic (exact) mass is 644 g/mol. The van der Waals surface area contributed by atoms with Gasteiger partial charge in [0.25, 0.3) is 0 Å². The first-order chi connectivity index (χ1) is 23.2. The van der Waals surface area contributed by atoms with Crippen molar-refractivity contribution < 1.29 is 28.7 Å². The SMILES string of the molecule is Cc1nccn1CC1CCc2[nH]c3ccc(OC(=O)C(=O)Oc4ccc5[nH]c6c(c5c4)C(=O)C(Cn4ccnc4C)CC6)cc3c2C1=O. The van der Waals surface area contributed by atoms with Crippen LogP contribution in [0.5, 0.6) is 11.5 Å². The van der Waals surface area contributed by atoms with Crippen LogP contribution in [0.2, 0.25) is 0 Å². The number of carbonyl (C=O) groups is 4. The molecule has 0 aliphatic heterocycles. The van der Waals surface area contributed by atoms with Crippen LogP contribution in [0.1, 0.15) is 56.6 Å². The summed E-state index contributed by atoms with van der Waals surface area (Å²) in [6, 6.07) is 9.79. The lowest BCUT2D eigenvalue weighted by molar-refractivity contribution is -0.156. The lowest BCUT2D eigenvalue weighted by Gasteiger charge is -2.22. The van der Waals surface area contributed by atoms with Gasteiger partial charge in [0, 0.05) is 94.0 Å². The molecule has 0 radical (unpaired) electrons. The predicted octanol–water partition coefficient (Wildman–Crippen LogP) is 5.06. The maximum absolute atomic E-state index is 13.6. The number of hydrogen-bond acceptors (Lipinski definition) is 8. The number of esters is 2. The average molecular weight is 645 g/mol. The number of ether oxygens (including phenoxy) is 2. The summed E-state index contributed by atoms with van der Waals surface area (Å²) < 4.78 is 14.8. The number of ketones is 2. The highest BCUT2D eigenvalue weighted by atomic mass is 16.6. The van der Waals surface area contributed by atoms with Crippen molar-refractivity contribution in [1.29, 1.82) is 0 Å². The van der Waals surface area contributed by atoms with Crippen LogP contribution in [0, 0.1) is 25.7 Å². The first-order valence-corrected chi connectivity index (χ1v) is 16.0. The Hall–Kier alpha value is -5.78. The summed E-state index contributed by atoms with van der Waals surface area (Å²) in [7, 11) is 0. The van der Waals surface area contributed by atoms with E-state index in [9.17, 15) is 19.2 Å². The van der Waals surface area contributed by atoms with Crippen LogP contribution in [-0.2, 0) is 35.5 Å². The van der Waals surface area contributed by atoms with Crippen LogP contribution in [0.3, 0.4) is 0 Å². The first-order valence-electron chi connectivity index (χ1n) is 16.0. The van der Waals surface area contributed by atoms with Crippen molar-refractivity contribution in [3.63, 3.8) is 0 Å². The molecule has 2 atom stereocenters. The van der Waals surface area contributed by atoms with Crippen molar-refractivity contribution in [3.05, 3.63) is 95.3 Å². The fourth-order valence-corrected chi connectivity index (χ4v) is 7.14. The number of Topliss-reactive ketones (excluding diaryl/α,β-unsaturated/α-hetero) is 2. The molecule has 2 unspecified atom stereocenters. The largest absolute Gasteiger partial charge is 0.423 e. The van der Waals surface area contributed by atoms with Gasteiger partial charge in [-0.3, -0.25) is 9.59 Å². The maximum atomic E-state index is 13.6. The zero-order chi connectivity index (χ0) is 33.1. The molecule has 4 heterocycles. The molecule has 6 aromatic rings. The minimum absolute atomic E-state index is 0.0162. The molecule has 0 bridgehead atoms. The summed E-state index contributed by atoms with van der Waals surface area (Å²) >= 11 is 0. The van der Waals surface area contributed by atoms with Crippen LogP contribution < -0.4 is 9.47 Å². The summed E-state index contributed by atoms with van der Waals surface area (Å²) in [4.78, 5) is 68.1. The van der Waals surface area contributed by atoms with Crippen molar-refractivity contribution in [3.8, 4) is 11.5 Å². The Morgan fingerprint density at radius 3 is 1.56 bits per heavy atom. The molecule has 0 saturated carbocycles. The minimum atomic E-state index is -1.21. The normalized spacial score (nSPS) is 17.5. The summed E-state index contributed by atoms with van der Waals surface area (Å²) in [6.07, 6.45) is 10.0. The second-order valence-electron chi connectivity index (χ2n) is 12.6. The van der Waals surface area contributed by atoms with Crippen LogP contribution >= 0.6 is 0 Å². The fourth-order valence-electron chi connectivity index (χ4n) is 7.14. The summed E-state index contributed by atoms with van der Waals surface area (Å²) in [6.45, 7) is 4.88. The van der Waals surface area contributed by atoms with Gasteiger partial charge in [-0.15, -0.1) is 0 Å². The first kappa shape index (κ1) is 29.6. The van der Waals surface area contributed by atoms with Gasteiger partial charge in [-0.25, -0.2) is 19.6 Å². The summed E-state index contributed by atoms with van der Waals surface area (Å²) in [5.74, 6) is -0.878. The predicted molar refractivity (Wildman–Crippen MR) is 174 cm³/mol.